The van der Waals surface area contributed by atoms with Crippen LogP contribution >= 0.6 is 23.2 Å². The molecular weight excluding hydrogens is 423 g/mol. The topological polar surface area (TPSA) is 58.6 Å². The molecule has 1 N–H and O–H groups in total. The number of carbonyl (C=O) groups excluding carboxylic acids is 2. The maximum Gasteiger partial charge on any atom is 0.261 e. The molecule has 0 aliphatic carbocycles. The summed E-state index contributed by atoms with van der Waals surface area (Å²) in [6.07, 6.45) is 1.30. The van der Waals surface area contributed by atoms with E-state index in [4.69, 9.17) is 27.9 Å². The molecule has 0 radical (unpaired) electrons. The molecule has 5 nitrogen and oxygen atoms in total. The minimum Gasteiger partial charge on any atom is -0.484 e. The monoisotopic (exact) mass is 450 g/mol. The average molecular weight is 451 g/mol. The number of amides is 2. The molecule has 0 fully saturated rings. The molecule has 162 valence electrons. The molecule has 30 heavy (non-hydrogen) atoms. The first kappa shape index (κ1) is 24.0. The number of aryl methyl sites for hydroxylation is 1. The second kappa shape index (κ2) is 11.8. The molecule has 0 heterocycles. The first-order valence-corrected chi connectivity index (χ1v) is 10.8. The van der Waals surface area contributed by atoms with Crippen LogP contribution in [0.15, 0.2) is 42.5 Å². The second-order valence-corrected chi connectivity index (χ2v) is 7.90. The lowest BCUT2D eigenvalue weighted by molar-refractivity contribution is -0.143. The van der Waals surface area contributed by atoms with E-state index in [9.17, 15) is 9.59 Å². The molecule has 2 aromatic rings. The van der Waals surface area contributed by atoms with E-state index in [0.29, 0.717) is 28.8 Å². The van der Waals surface area contributed by atoms with Crippen molar-refractivity contribution < 1.29 is 14.3 Å². The van der Waals surface area contributed by atoms with Crippen molar-refractivity contribution in [3.05, 3.63) is 63.6 Å². The molecular formula is C23H28Cl2N2O3. The molecule has 0 saturated carbocycles. The van der Waals surface area contributed by atoms with E-state index in [1.165, 1.54) is 0 Å². The predicted octanol–water partition coefficient (Wildman–Crippen LogP) is 5.01. The summed E-state index contributed by atoms with van der Waals surface area (Å²) in [5.74, 6) is 0.148. The summed E-state index contributed by atoms with van der Waals surface area (Å²) in [5.41, 5.74) is 1.89. The highest BCUT2D eigenvalue weighted by Crippen LogP contribution is 2.24. The third kappa shape index (κ3) is 6.92. The molecule has 0 aliphatic rings. The SMILES string of the molecule is CCCNC(=O)[C@@H](CC)N(Cc1ccc(Cl)c(Cl)c1)C(=O)COc1ccc(C)cc1. The van der Waals surface area contributed by atoms with Crippen LogP contribution in [-0.2, 0) is 16.1 Å². The quantitative estimate of drug-likeness (QED) is 0.552. The van der Waals surface area contributed by atoms with Crippen LogP contribution < -0.4 is 10.1 Å². The van der Waals surface area contributed by atoms with Gasteiger partial charge in [-0.3, -0.25) is 9.59 Å². The maximum atomic E-state index is 13.1. The van der Waals surface area contributed by atoms with E-state index in [-0.39, 0.29) is 25.0 Å². The average Bonchev–Trinajstić information content (AvgIpc) is 2.74. The molecule has 0 aromatic heterocycles. The molecule has 0 bridgehead atoms. The van der Waals surface area contributed by atoms with Crippen LogP contribution in [0.25, 0.3) is 0 Å². The smallest absolute Gasteiger partial charge is 0.261 e. The predicted molar refractivity (Wildman–Crippen MR) is 121 cm³/mol. The summed E-state index contributed by atoms with van der Waals surface area (Å²) >= 11 is 12.1. The molecule has 2 rings (SSSR count). The van der Waals surface area contributed by atoms with E-state index in [1.54, 1.807) is 23.1 Å². The van der Waals surface area contributed by atoms with E-state index in [0.717, 1.165) is 17.5 Å². The van der Waals surface area contributed by atoms with Gasteiger partial charge in [0.25, 0.3) is 5.91 Å². The van der Waals surface area contributed by atoms with Crippen molar-refractivity contribution in [1.29, 1.82) is 0 Å². The van der Waals surface area contributed by atoms with E-state index in [2.05, 4.69) is 5.32 Å². The first-order valence-electron chi connectivity index (χ1n) is 10.1. The fourth-order valence-corrected chi connectivity index (χ4v) is 3.30. The van der Waals surface area contributed by atoms with Crippen LogP contribution in [-0.4, -0.2) is 35.9 Å². The van der Waals surface area contributed by atoms with Crippen molar-refractivity contribution in [3.63, 3.8) is 0 Å². The molecule has 0 spiro atoms. The third-order valence-corrected chi connectivity index (χ3v) is 5.39. The van der Waals surface area contributed by atoms with Crippen LogP contribution in [0.3, 0.4) is 0 Å². The van der Waals surface area contributed by atoms with Gasteiger partial charge in [0, 0.05) is 13.1 Å². The van der Waals surface area contributed by atoms with Crippen molar-refractivity contribution in [3.8, 4) is 5.75 Å². The number of rotatable bonds is 10. The molecule has 1 atom stereocenters. The van der Waals surface area contributed by atoms with Gasteiger partial charge in [-0.2, -0.15) is 0 Å². The Balaban J connectivity index is 2.21. The zero-order valence-electron chi connectivity index (χ0n) is 17.6. The summed E-state index contributed by atoms with van der Waals surface area (Å²) in [6.45, 7) is 6.47. The largest absolute Gasteiger partial charge is 0.484 e. The van der Waals surface area contributed by atoms with Gasteiger partial charge < -0.3 is 15.0 Å². The number of hydrogen-bond donors (Lipinski definition) is 1. The number of benzene rings is 2. The molecule has 0 saturated heterocycles. The Hall–Kier alpha value is -2.24. The standard InChI is InChI=1S/C23H28Cl2N2O3/c1-4-12-26-23(29)21(5-2)27(14-17-8-11-19(24)20(25)13-17)22(28)15-30-18-9-6-16(3)7-10-18/h6-11,13,21H,4-5,12,14-15H2,1-3H3,(H,26,29)/t21-/m1/s1. The van der Waals surface area contributed by atoms with Crippen LogP contribution in [0.2, 0.25) is 10.0 Å². The Labute approximate surface area is 188 Å². The Morgan fingerprint density at radius 3 is 2.37 bits per heavy atom. The number of halogens is 2. The van der Waals surface area contributed by atoms with Gasteiger partial charge in [0.15, 0.2) is 6.61 Å². The van der Waals surface area contributed by atoms with E-state index >= 15 is 0 Å². The molecule has 7 heteroatoms. The van der Waals surface area contributed by atoms with Crippen LogP contribution in [0.5, 0.6) is 5.75 Å². The fourth-order valence-electron chi connectivity index (χ4n) is 2.98. The minimum absolute atomic E-state index is 0.165. The Morgan fingerprint density at radius 2 is 1.77 bits per heavy atom. The lowest BCUT2D eigenvalue weighted by Gasteiger charge is -2.30. The molecule has 0 aliphatic heterocycles. The number of carbonyl (C=O) groups is 2. The zero-order chi connectivity index (χ0) is 22.1. The van der Waals surface area contributed by atoms with Gasteiger partial charge in [-0.15, -0.1) is 0 Å². The zero-order valence-corrected chi connectivity index (χ0v) is 19.1. The van der Waals surface area contributed by atoms with Gasteiger partial charge >= 0.3 is 0 Å². The highest BCUT2D eigenvalue weighted by molar-refractivity contribution is 6.42. The highest BCUT2D eigenvalue weighted by Gasteiger charge is 2.28. The number of nitrogens with zero attached hydrogens (tertiary/aromatic N) is 1. The fraction of sp³-hybridized carbons (Fsp3) is 0.391. The lowest BCUT2D eigenvalue weighted by atomic mass is 10.1. The number of hydrogen-bond acceptors (Lipinski definition) is 3. The van der Waals surface area contributed by atoms with Gasteiger partial charge in [0.2, 0.25) is 5.91 Å². The first-order chi connectivity index (χ1) is 14.3. The van der Waals surface area contributed by atoms with Crippen molar-refractivity contribution in [1.82, 2.24) is 10.2 Å². The highest BCUT2D eigenvalue weighted by atomic mass is 35.5. The van der Waals surface area contributed by atoms with E-state index in [1.807, 2.05) is 45.0 Å². The Kier molecular flexibility index (Phi) is 9.47. The van der Waals surface area contributed by atoms with Gasteiger partial charge in [-0.05, 0) is 49.6 Å². The summed E-state index contributed by atoms with van der Waals surface area (Å²) in [4.78, 5) is 27.3. The van der Waals surface area contributed by atoms with Crippen molar-refractivity contribution >= 4 is 35.0 Å². The lowest BCUT2D eigenvalue weighted by Crippen LogP contribution is -2.50. The van der Waals surface area contributed by atoms with Gasteiger partial charge in [0.1, 0.15) is 11.8 Å². The second-order valence-electron chi connectivity index (χ2n) is 7.09. The van der Waals surface area contributed by atoms with Gasteiger partial charge in [0.05, 0.1) is 10.0 Å². The van der Waals surface area contributed by atoms with Crippen LogP contribution in [0.4, 0.5) is 0 Å². The third-order valence-electron chi connectivity index (χ3n) is 4.66. The van der Waals surface area contributed by atoms with Gasteiger partial charge in [-0.1, -0.05) is 60.8 Å². The summed E-state index contributed by atoms with van der Waals surface area (Å²) in [7, 11) is 0. The van der Waals surface area contributed by atoms with Crippen LogP contribution in [0, 0.1) is 6.92 Å². The van der Waals surface area contributed by atoms with E-state index < -0.39 is 6.04 Å². The Morgan fingerprint density at radius 1 is 1.07 bits per heavy atom. The summed E-state index contributed by atoms with van der Waals surface area (Å²) < 4.78 is 5.67. The number of nitrogens with one attached hydrogen (secondary N) is 1. The molecule has 2 aromatic carbocycles. The molecule has 0 unspecified atom stereocenters. The minimum atomic E-state index is -0.611. The van der Waals surface area contributed by atoms with Gasteiger partial charge in [-0.25, -0.2) is 0 Å². The van der Waals surface area contributed by atoms with Crippen molar-refractivity contribution in [2.24, 2.45) is 0 Å². The van der Waals surface area contributed by atoms with Crippen molar-refractivity contribution in [2.45, 2.75) is 46.2 Å². The Bertz CT molecular complexity index is 856. The molecule has 2 amide bonds. The maximum absolute atomic E-state index is 13.1. The summed E-state index contributed by atoms with van der Waals surface area (Å²) in [6, 6.07) is 12.0. The van der Waals surface area contributed by atoms with Crippen molar-refractivity contribution in [2.75, 3.05) is 13.2 Å². The normalized spacial score (nSPS) is 11.6. The summed E-state index contributed by atoms with van der Waals surface area (Å²) in [5, 5.41) is 3.73. The van der Waals surface area contributed by atoms with Crippen LogP contribution in [0.1, 0.15) is 37.8 Å². The number of ether oxygens (including phenoxy) is 1.